The average Bonchev–Trinajstić information content (AvgIpc) is 2.31. The molecule has 0 aromatic carbocycles. The predicted octanol–water partition coefficient (Wildman–Crippen LogP) is -1.75. The number of carbonyl (C=O) groups is 3. The number of hydrogen-bond acceptors (Lipinski definition) is 6. The molecule has 0 aliphatic carbocycles. The van der Waals surface area contributed by atoms with Gasteiger partial charge in [0.05, 0.1) is 12.5 Å². The van der Waals surface area contributed by atoms with Gasteiger partial charge in [-0.25, -0.2) is 0 Å². The van der Waals surface area contributed by atoms with Crippen LogP contribution in [0.1, 0.15) is 41.0 Å². The van der Waals surface area contributed by atoms with Crippen molar-refractivity contribution in [2.24, 2.45) is 17.2 Å². The third-order valence-corrected chi connectivity index (χ3v) is 3.27. The minimum absolute atomic E-state index is 0.416. The summed E-state index contributed by atoms with van der Waals surface area (Å²) in [7, 11) is 0. The number of amides is 2. The monoisotopic (exact) mass is 331 g/mol. The Kier molecular flexibility index (Phi) is 7.14. The molecule has 23 heavy (non-hydrogen) atoms. The van der Waals surface area contributed by atoms with Crippen LogP contribution in [0.5, 0.6) is 0 Å². The van der Waals surface area contributed by atoms with Crippen LogP contribution >= 0.6 is 0 Å². The molecule has 0 unspecified atom stereocenters. The highest BCUT2D eigenvalue weighted by atomic mass is 16.4. The van der Waals surface area contributed by atoms with Crippen molar-refractivity contribution in [3.63, 3.8) is 0 Å². The van der Waals surface area contributed by atoms with E-state index in [4.69, 9.17) is 22.3 Å². The van der Waals surface area contributed by atoms with Crippen LogP contribution < -0.4 is 27.8 Å². The molecule has 0 spiro atoms. The van der Waals surface area contributed by atoms with Gasteiger partial charge in [0.2, 0.25) is 11.8 Å². The van der Waals surface area contributed by atoms with E-state index in [1.54, 1.807) is 27.7 Å². The van der Waals surface area contributed by atoms with Crippen molar-refractivity contribution in [1.82, 2.24) is 10.6 Å². The quantitative estimate of drug-likeness (QED) is 0.306. The lowest BCUT2D eigenvalue weighted by Gasteiger charge is -2.41. The molecule has 0 heterocycles. The van der Waals surface area contributed by atoms with Crippen LogP contribution in [0.4, 0.5) is 0 Å². The van der Waals surface area contributed by atoms with E-state index in [0.717, 1.165) is 0 Å². The lowest BCUT2D eigenvalue weighted by molar-refractivity contribution is -0.140. The maximum absolute atomic E-state index is 12.2. The van der Waals surface area contributed by atoms with Crippen molar-refractivity contribution in [1.29, 1.82) is 0 Å². The van der Waals surface area contributed by atoms with E-state index in [1.165, 1.54) is 6.92 Å². The summed E-state index contributed by atoms with van der Waals surface area (Å²) in [6.07, 6.45) is -0.416. The highest BCUT2D eigenvalue weighted by Gasteiger charge is 2.38. The Balaban J connectivity index is 4.77. The Morgan fingerprint density at radius 2 is 1.48 bits per heavy atom. The lowest BCUT2D eigenvalue weighted by atomic mass is 9.82. The van der Waals surface area contributed by atoms with Crippen LogP contribution in [0.2, 0.25) is 0 Å². The predicted molar refractivity (Wildman–Crippen MR) is 86.3 cm³/mol. The minimum Gasteiger partial charge on any atom is -0.480 e. The van der Waals surface area contributed by atoms with Crippen LogP contribution in [0, 0.1) is 0 Å². The van der Waals surface area contributed by atoms with Gasteiger partial charge in [-0.3, -0.25) is 14.4 Å². The minimum atomic E-state index is -1.32. The molecule has 0 aromatic heterocycles. The fraction of sp³-hybridized carbons (Fsp3) is 0.786. The van der Waals surface area contributed by atoms with Gasteiger partial charge in [-0.05, 0) is 34.6 Å². The average molecular weight is 331 g/mol. The summed E-state index contributed by atoms with van der Waals surface area (Å²) < 4.78 is 0. The molecular weight excluding hydrogens is 302 g/mol. The number of nitrogens with two attached hydrogens (primary N) is 3. The summed E-state index contributed by atoms with van der Waals surface area (Å²) in [4.78, 5) is 34.5. The van der Waals surface area contributed by atoms with Gasteiger partial charge >= 0.3 is 5.97 Å². The van der Waals surface area contributed by atoms with E-state index in [-0.39, 0.29) is 0 Å². The smallest absolute Gasteiger partial charge is 0.321 e. The van der Waals surface area contributed by atoms with Crippen LogP contribution in [0.15, 0.2) is 0 Å². The van der Waals surface area contributed by atoms with Crippen LogP contribution in [-0.2, 0) is 14.4 Å². The highest BCUT2D eigenvalue weighted by Crippen LogP contribution is 2.16. The molecule has 0 radical (unpaired) electrons. The van der Waals surface area contributed by atoms with E-state index in [0.29, 0.717) is 0 Å². The van der Waals surface area contributed by atoms with Gasteiger partial charge in [0, 0.05) is 11.1 Å². The topological polar surface area (TPSA) is 174 Å². The third kappa shape index (κ3) is 7.40. The summed E-state index contributed by atoms with van der Waals surface area (Å²) in [6, 6.07) is -2.73. The Bertz CT molecular complexity index is 439. The highest BCUT2D eigenvalue weighted by molar-refractivity contribution is 5.89. The second-order valence-electron chi connectivity index (χ2n) is 7.02. The van der Waals surface area contributed by atoms with Crippen molar-refractivity contribution < 1.29 is 19.5 Å². The molecule has 2 atom stereocenters. The van der Waals surface area contributed by atoms with Gasteiger partial charge in [0.1, 0.15) is 12.1 Å². The normalized spacial score (nSPS) is 15.0. The molecule has 0 aliphatic heterocycles. The van der Waals surface area contributed by atoms with E-state index in [1.807, 2.05) is 0 Å². The van der Waals surface area contributed by atoms with Crippen molar-refractivity contribution in [2.45, 2.75) is 70.2 Å². The summed E-state index contributed by atoms with van der Waals surface area (Å²) >= 11 is 0. The molecule has 0 saturated heterocycles. The Morgan fingerprint density at radius 3 is 1.83 bits per heavy atom. The Hall–Kier alpha value is -1.71. The molecule has 0 fully saturated rings. The summed E-state index contributed by atoms with van der Waals surface area (Å²) in [5, 5.41) is 13.8. The number of nitrogens with one attached hydrogen (secondary N) is 2. The summed E-state index contributed by atoms with van der Waals surface area (Å²) in [5.41, 5.74) is 15.8. The van der Waals surface area contributed by atoms with Crippen LogP contribution in [-0.4, -0.2) is 52.1 Å². The van der Waals surface area contributed by atoms with Crippen molar-refractivity contribution >= 4 is 17.8 Å². The zero-order valence-corrected chi connectivity index (χ0v) is 14.3. The van der Waals surface area contributed by atoms with Gasteiger partial charge < -0.3 is 32.9 Å². The SMILES string of the molecule is C[C@H](NC(=O)C[C@H](N)C(=O)O)C(=O)NC(C(C)(C)N)C(C)(C)N. The fourth-order valence-electron chi connectivity index (χ4n) is 2.25. The number of aliphatic carboxylic acids is 1. The first-order valence-corrected chi connectivity index (χ1v) is 7.32. The number of carbonyl (C=O) groups excluding carboxylic acids is 2. The number of carboxylic acid groups (broad SMARTS) is 1. The molecule has 0 rings (SSSR count). The Labute approximate surface area is 136 Å². The largest absolute Gasteiger partial charge is 0.480 e. The van der Waals surface area contributed by atoms with Gasteiger partial charge in [-0.1, -0.05) is 0 Å². The molecule has 2 amide bonds. The maximum Gasteiger partial charge on any atom is 0.321 e. The van der Waals surface area contributed by atoms with Gasteiger partial charge in [-0.2, -0.15) is 0 Å². The molecular formula is C14H29N5O4. The van der Waals surface area contributed by atoms with Crippen molar-refractivity contribution in [3.8, 4) is 0 Å². The Morgan fingerprint density at radius 1 is 1.04 bits per heavy atom. The van der Waals surface area contributed by atoms with Crippen molar-refractivity contribution in [3.05, 3.63) is 0 Å². The first-order valence-electron chi connectivity index (χ1n) is 7.32. The van der Waals surface area contributed by atoms with E-state index in [9.17, 15) is 14.4 Å². The van der Waals surface area contributed by atoms with Crippen LogP contribution in [0.3, 0.4) is 0 Å². The molecule has 9 N–H and O–H groups in total. The standard InChI is InChI=1S/C14H29N5O4/c1-7(18-9(20)6-8(15)11(22)23)10(21)19-12(13(2,3)16)14(4,5)17/h7-8,12H,6,15-17H2,1-5H3,(H,18,20)(H,19,21)(H,22,23)/t7-,8-/m0/s1. The molecule has 0 aliphatic rings. The zero-order chi connectivity index (χ0) is 18.6. The molecule has 0 aromatic rings. The number of carboxylic acids is 1. The number of rotatable bonds is 8. The van der Waals surface area contributed by atoms with E-state index >= 15 is 0 Å². The van der Waals surface area contributed by atoms with Gasteiger partial charge in [0.25, 0.3) is 0 Å². The molecule has 0 bridgehead atoms. The summed E-state index contributed by atoms with van der Waals surface area (Å²) in [5.74, 6) is -2.38. The number of hydrogen-bond donors (Lipinski definition) is 6. The van der Waals surface area contributed by atoms with E-state index < -0.39 is 53.4 Å². The van der Waals surface area contributed by atoms with Crippen molar-refractivity contribution in [2.75, 3.05) is 0 Å². The summed E-state index contributed by atoms with van der Waals surface area (Å²) in [6.45, 7) is 8.43. The molecule has 0 saturated carbocycles. The maximum atomic E-state index is 12.2. The van der Waals surface area contributed by atoms with Gasteiger partial charge in [0.15, 0.2) is 0 Å². The fourth-order valence-corrected chi connectivity index (χ4v) is 2.25. The van der Waals surface area contributed by atoms with Crippen LogP contribution in [0.25, 0.3) is 0 Å². The first kappa shape index (κ1) is 21.3. The lowest BCUT2D eigenvalue weighted by Crippen LogP contribution is -2.68. The first-order chi connectivity index (χ1) is 10.2. The third-order valence-electron chi connectivity index (χ3n) is 3.27. The second-order valence-corrected chi connectivity index (χ2v) is 7.02. The molecule has 134 valence electrons. The molecule has 9 nitrogen and oxygen atoms in total. The molecule has 9 heteroatoms. The zero-order valence-electron chi connectivity index (χ0n) is 14.3. The second kappa shape index (κ2) is 7.71. The van der Waals surface area contributed by atoms with Gasteiger partial charge in [-0.15, -0.1) is 0 Å². The van der Waals surface area contributed by atoms with E-state index in [2.05, 4.69) is 10.6 Å².